The van der Waals surface area contributed by atoms with Gasteiger partial charge in [0.05, 0.1) is 25.4 Å². The van der Waals surface area contributed by atoms with Crippen LogP contribution < -0.4 is 0 Å². The molecule has 2 heteroatoms. The van der Waals surface area contributed by atoms with E-state index in [-0.39, 0.29) is 0 Å². The number of ether oxygens (including phenoxy) is 2. The molecule has 0 amide bonds. The highest BCUT2D eigenvalue weighted by Gasteiger charge is 2.48. The van der Waals surface area contributed by atoms with Gasteiger partial charge in [0.1, 0.15) is 0 Å². The van der Waals surface area contributed by atoms with E-state index in [1.54, 1.807) is 0 Å². The molecule has 2 saturated heterocycles. The average Bonchev–Trinajstić information content (AvgIpc) is 3.05. The third kappa shape index (κ3) is 2.02. The monoisotopic (exact) mass is 224 g/mol. The quantitative estimate of drug-likeness (QED) is 0.673. The molecule has 0 aromatic rings. The average molecular weight is 224 g/mol. The number of rotatable bonds is 2. The van der Waals surface area contributed by atoms with Crippen molar-refractivity contribution in [1.29, 1.82) is 0 Å². The first-order valence-corrected chi connectivity index (χ1v) is 6.86. The summed E-state index contributed by atoms with van der Waals surface area (Å²) >= 11 is 0. The minimum Gasteiger partial charge on any atom is -0.373 e. The van der Waals surface area contributed by atoms with Crippen molar-refractivity contribution in [2.24, 2.45) is 10.8 Å². The predicted molar refractivity (Wildman–Crippen MR) is 63.4 cm³/mol. The lowest BCUT2D eigenvalue weighted by molar-refractivity contribution is 0.0991. The van der Waals surface area contributed by atoms with Crippen LogP contribution in [0.2, 0.25) is 0 Å². The number of epoxide rings is 2. The molecule has 0 N–H and O–H groups in total. The highest BCUT2D eigenvalue weighted by Crippen LogP contribution is 2.50. The summed E-state index contributed by atoms with van der Waals surface area (Å²) in [5.41, 5.74) is 0.910. The van der Waals surface area contributed by atoms with Gasteiger partial charge in [0, 0.05) is 0 Å². The first kappa shape index (κ1) is 11.0. The summed E-state index contributed by atoms with van der Waals surface area (Å²) in [6, 6.07) is 0. The van der Waals surface area contributed by atoms with Crippen LogP contribution in [0.1, 0.15) is 52.4 Å². The highest BCUT2D eigenvalue weighted by molar-refractivity contribution is 4.97. The van der Waals surface area contributed by atoms with Crippen molar-refractivity contribution in [3.63, 3.8) is 0 Å². The van der Waals surface area contributed by atoms with Gasteiger partial charge in [-0.25, -0.2) is 0 Å². The van der Waals surface area contributed by atoms with Crippen LogP contribution in [-0.4, -0.2) is 25.4 Å². The first-order valence-electron chi connectivity index (χ1n) is 6.86. The summed E-state index contributed by atoms with van der Waals surface area (Å²) in [6.07, 6.45) is 9.25. The predicted octanol–water partition coefficient (Wildman–Crippen LogP) is 3.15. The number of hydrogen-bond donors (Lipinski definition) is 0. The second kappa shape index (κ2) is 3.71. The molecule has 1 aliphatic carbocycles. The van der Waals surface area contributed by atoms with E-state index in [1.165, 1.54) is 38.5 Å². The van der Waals surface area contributed by atoms with Crippen LogP contribution in [0.15, 0.2) is 0 Å². The molecule has 2 heterocycles. The smallest absolute Gasteiger partial charge is 0.0863 e. The number of hydrogen-bond acceptors (Lipinski definition) is 2. The van der Waals surface area contributed by atoms with Gasteiger partial charge >= 0.3 is 0 Å². The van der Waals surface area contributed by atoms with Gasteiger partial charge in [-0.05, 0) is 36.5 Å². The molecule has 3 aliphatic rings. The lowest BCUT2D eigenvalue weighted by atomic mass is 9.67. The van der Waals surface area contributed by atoms with Crippen molar-refractivity contribution in [1.82, 2.24) is 0 Å². The Labute approximate surface area is 98.7 Å². The molecule has 0 aromatic heterocycles. The fourth-order valence-corrected chi connectivity index (χ4v) is 3.42. The van der Waals surface area contributed by atoms with Crippen LogP contribution in [0.25, 0.3) is 0 Å². The lowest BCUT2D eigenvalue weighted by Gasteiger charge is -2.37. The van der Waals surface area contributed by atoms with Gasteiger partial charge in [-0.1, -0.05) is 26.7 Å². The maximum atomic E-state index is 5.56. The van der Waals surface area contributed by atoms with Crippen molar-refractivity contribution in [3.05, 3.63) is 0 Å². The molecule has 4 atom stereocenters. The maximum Gasteiger partial charge on any atom is 0.0863 e. The minimum atomic E-state index is 0.455. The molecule has 4 unspecified atom stereocenters. The van der Waals surface area contributed by atoms with E-state index >= 15 is 0 Å². The summed E-state index contributed by atoms with van der Waals surface area (Å²) in [4.78, 5) is 0. The molecule has 2 nitrogen and oxygen atoms in total. The Morgan fingerprint density at radius 2 is 1.12 bits per heavy atom. The van der Waals surface area contributed by atoms with Crippen molar-refractivity contribution in [2.45, 2.75) is 64.6 Å². The van der Waals surface area contributed by atoms with E-state index in [4.69, 9.17) is 9.47 Å². The van der Waals surface area contributed by atoms with Crippen LogP contribution >= 0.6 is 0 Å². The van der Waals surface area contributed by atoms with Crippen LogP contribution in [0, 0.1) is 10.8 Å². The summed E-state index contributed by atoms with van der Waals surface area (Å²) in [5.74, 6) is 0. The molecule has 0 spiro atoms. The molecule has 92 valence electrons. The molecular weight excluding hydrogens is 200 g/mol. The SMILES string of the molecule is CC1(C2CO2)CCCCC(C)(C2CO2)CC1. The summed E-state index contributed by atoms with van der Waals surface area (Å²) in [6.45, 7) is 6.88. The Balaban J connectivity index is 1.68. The molecule has 1 saturated carbocycles. The third-order valence-corrected chi connectivity index (χ3v) is 5.23. The maximum absolute atomic E-state index is 5.56. The van der Waals surface area contributed by atoms with E-state index < -0.39 is 0 Å². The van der Waals surface area contributed by atoms with Gasteiger partial charge in [-0.3, -0.25) is 0 Å². The summed E-state index contributed by atoms with van der Waals surface area (Å²) in [7, 11) is 0. The van der Waals surface area contributed by atoms with Crippen molar-refractivity contribution in [2.75, 3.05) is 13.2 Å². The van der Waals surface area contributed by atoms with E-state index in [1.807, 2.05) is 0 Å². The Kier molecular flexibility index (Phi) is 2.56. The van der Waals surface area contributed by atoms with Crippen LogP contribution in [0.3, 0.4) is 0 Å². The van der Waals surface area contributed by atoms with Gasteiger partial charge in [-0.2, -0.15) is 0 Å². The van der Waals surface area contributed by atoms with Gasteiger partial charge in [0.2, 0.25) is 0 Å². The zero-order valence-electron chi connectivity index (χ0n) is 10.6. The molecule has 0 radical (unpaired) electrons. The first-order chi connectivity index (χ1) is 7.62. The standard InChI is InChI=1S/C14H24O2/c1-13(11-9-15-11)5-3-4-6-14(2,8-7-13)12-10-16-12/h11-12H,3-10H2,1-2H3. The second-order valence-electron chi connectivity index (χ2n) is 6.66. The van der Waals surface area contributed by atoms with E-state index in [2.05, 4.69) is 13.8 Å². The molecule has 0 bridgehead atoms. The molecule has 16 heavy (non-hydrogen) atoms. The van der Waals surface area contributed by atoms with Crippen molar-refractivity contribution in [3.8, 4) is 0 Å². The minimum absolute atomic E-state index is 0.455. The zero-order valence-corrected chi connectivity index (χ0v) is 10.6. The van der Waals surface area contributed by atoms with E-state index in [0.29, 0.717) is 23.0 Å². The van der Waals surface area contributed by atoms with Gasteiger partial charge in [-0.15, -0.1) is 0 Å². The van der Waals surface area contributed by atoms with Crippen LogP contribution in [0.5, 0.6) is 0 Å². The largest absolute Gasteiger partial charge is 0.373 e. The fourth-order valence-electron chi connectivity index (χ4n) is 3.42. The normalized spacial score (nSPS) is 52.9. The Morgan fingerprint density at radius 1 is 0.750 bits per heavy atom. The van der Waals surface area contributed by atoms with Gasteiger partial charge < -0.3 is 9.47 Å². The molecule has 3 fully saturated rings. The van der Waals surface area contributed by atoms with E-state index in [0.717, 1.165) is 13.2 Å². The van der Waals surface area contributed by atoms with Gasteiger partial charge in [0.15, 0.2) is 0 Å². The summed E-state index contributed by atoms with van der Waals surface area (Å²) < 4.78 is 11.1. The highest BCUT2D eigenvalue weighted by atomic mass is 16.6. The molecule has 0 aromatic carbocycles. The Morgan fingerprint density at radius 3 is 1.44 bits per heavy atom. The Bertz CT molecular complexity index is 242. The third-order valence-electron chi connectivity index (χ3n) is 5.23. The topological polar surface area (TPSA) is 25.1 Å². The van der Waals surface area contributed by atoms with E-state index in [9.17, 15) is 0 Å². The molecule has 3 rings (SSSR count). The van der Waals surface area contributed by atoms with Crippen LogP contribution in [0.4, 0.5) is 0 Å². The van der Waals surface area contributed by atoms with Crippen LogP contribution in [-0.2, 0) is 9.47 Å². The fraction of sp³-hybridized carbons (Fsp3) is 1.00. The van der Waals surface area contributed by atoms with Crippen molar-refractivity contribution >= 4 is 0 Å². The van der Waals surface area contributed by atoms with Gasteiger partial charge in [0.25, 0.3) is 0 Å². The lowest BCUT2D eigenvalue weighted by Crippen LogP contribution is -2.32. The molecular formula is C14H24O2. The van der Waals surface area contributed by atoms with Crippen molar-refractivity contribution < 1.29 is 9.47 Å². The second-order valence-corrected chi connectivity index (χ2v) is 6.66. The Hall–Kier alpha value is -0.0800. The molecule has 2 aliphatic heterocycles. The zero-order chi connectivity index (χ0) is 11.2. The summed E-state index contributed by atoms with van der Waals surface area (Å²) in [5, 5.41) is 0.